The number of rotatable bonds is 5. The summed E-state index contributed by atoms with van der Waals surface area (Å²) < 4.78 is 6.58. The standard InChI is InChI=1S/C27H29N3O2/c31-29-25-6-4-21-15-22(3-5-23(21)25)24-16-26(32-27(24)20-7-11-28-12-8-20)19-9-13-30(14-10-19)17-18-1-2-18/h3,5,7-8,11-12,15-16,18-19,31H,1-2,4,6,9-10,13-14,17H2/b29-25+. The fraction of sp³-hybridized carbons (Fsp3) is 0.407. The largest absolute Gasteiger partial charge is 0.460 e. The Kier molecular flexibility index (Phi) is 5.07. The van der Waals surface area contributed by atoms with Gasteiger partial charge in [0.2, 0.25) is 0 Å². The van der Waals surface area contributed by atoms with E-state index in [1.165, 1.54) is 38.0 Å². The number of hydrogen-bond donors (Lipinski definition) is 1. The van der Waals surface area contributed by atoms with Crippen molar-refractivity contribution in [3.63, 3.8) is 0 Å². The van der Waals surface area contributed by atoms with Gasteiger partial charge < -0.3 is 14.5 Å². The van der Waals surface area contributed by atoms with E-state index in [2.05, 4.69) is 39.3 Å². The quantitative estimate of drug-likeness (QED) is 0.418. The van der Waals surface area contributed by atoms with Gasteiger partial charge in [0.25, 0.3) is 0 Å². The molecule has 3 aliphatic rings. The highest BCUT2D eigenvalue weighted by Gasteiger charge is 2.29. The number of likely N-dealkylation sites (tertiary alicyclic amines) is 1. The van der Waals surface area contributed by atoms with Gasteiger partial charge in [-0.15, -0.1) is 0 Å². The number of oxime groups is 1. The number of aromatic nitrogens is 1. The lowest BCUT2D eigenvalue weighted by atomic mass is 9.92. The monoisotopic (exact) mass is 427 g/mol. The zero-order chi connectivity index (χ0) is 21.5. The summed E-state index contributed by atoms with van der Waals surface area (Å²) in [6, 6.07) is 12.8. The first-order valence-electron chi connectivity index (χ1n) is 11.9. The lowest BCUT2D eigenvalue weighted by Crippen LogP contribution is -2.34. The number of fused-ring (bicyclic) bond motifs is 1. The van der Waals surface area contributed by atoms with Crippen LogP contribution in [-0.2, 0) is 6.42 Å². The molecule has 5 heteroatoms. The van der Waals surface area contributed by atoms with Crippen LogP contribution < -0.4 is 0 Å². The average Bonchev–Trinajstić information content (AvgIpc) is 3.39. The van der Waals surface area contributed by atoms with Crippen LogP contribution >= 0.6 is 0 Å². The van der Waals surface area contributed by atoms with Crippen LogP contribution in [0.3, 0.4) is 0 Å². The highest BCUT2D eigenvalue weighted by molar-refractivity contribution is 6.04. The molecule has 164 valence electrons. The molecule has 1 aromatic carbocycles. The smallest absolute Gasteiger partial charge is 0.142 e. The van der Waals surface area contributed by atoms with Gasteiger partial charge in [-0.1, -0.05) is 23.4 Å². The van der Waals surface area contributed by atoms with Gasteiger partial charge in [-0.05, 0) is 86.9 Å². The van der Waals surface area contributed by atoms with Crippen molar-refractivity contribution in [3.05, 3.63) is 65.7 Å². The Morgan fingerprint density at radius 2 is 1.75 bits per heavy atom. The predicted molar refractivity (Wildman–Crippen MR) is 125 cm³/mol. The van der Waals surface area contributed by atoms with E-state index in [0.717, 1.165) is 71.1 Å². The Hall–Kier alpha value is -2.92. The minimum Gasteiger partial charge on any atom is -0.460 e. The Balaban J connectivity index is 1.33. The summed E-state index contributed by atoms with van der Waals surface area (Å²) in [4.78, 5) is 6.83. The topological polar surface area (TPSA) is 61.9 Å². The van der Waals surface area contributed by atoms with E-state index in [1.807, 2.05) is 24.5 Å². The van der Waals surface area contributed by atoms with E-state index in [4.69, 9.17) is 4.42 Å². The van der Waals surface area contributed by atoms with Gasteiger partial charge in [0, 0.05) is 41.5 Å². The summed E-state index contributed by atoms with van der Waals surface area (Å²) in [7, 11) is 0. The highest BCUT2D eigenvalue weighted by atomic mass is 16.4. The molecule has 0 unspecified atom stereocenters. The van der Waals surface area contributed by atoms with Crippen molar-refractivity contribution in [1.82, 2.24) is 9.88 Å². The lowest BCUT2D eigenvalue weighted by Gasteiger charge is -2.31. The first kappa shape index (κ1) is 19.7. The second kappa shape index (κ2) is 8.21. The molecule has 5 nitrogen and oxygen atoms in total. The highest BCUT2D eigenvalue weighted by Crippen LogP contribution is 2.41. The molecule has 6 rings (SSSR count). The third-order valence-corrected chi connectivity index (χ3v) is 7.38. The van der Waals surface area contributed by atoms with Gasteiger partial charge in [-0.3, -0.25) is 4.98 Å². The molecular formula is C27H29N3O2. The molecule has 1 saturated heterocycles. The summed E-state index contributed by atoms with van der Waals surface area (Å²) in [6.45, 7) is 3.63. The molecule has 3 heterocycles. The third kappa shape index (κ3) is 3.75. The molecular weight excluding hydrogens is 398 g/mol. The molecule has 2 aromatic heterocycles. The van der Waals surface area contributed by atoms with E-state index >= 15 is 0 Å². The summed E-state index contributed by atoms with van der Waals surface area (Å²) >= 11 is 0. The number of aryl methyl sites for hydroxylation is 1. The van der Waals surface area contributed by atoms with Crippen molar-refractivity contribution in [2.75, 3.05) is 19.6 Å². The number of furan rings is 1. The Bertz CT molecular complexity index is 1140. The number of pyridine rings is 1. The van der Waals surface area contributed by atoms with Crippen LogP contribution in [0.25, 0.3) is 22.5 Å². The van der Waals surface area contributed by atoms with Crippen molar-refractivity contribution in [2.24, 2.45) is 11.1 Å². The van der Waals surface area contributed by atoms with Crippen LogP contribution in [0.1, 0.15) is 54.9 Å². The zero-order valence-electron chi connectivity index (χ0n) is 18.3. The maximum atomic E-state index is 9.27. The average molecular weight is 428 g/mol. The molecule has 0 atom stereocenters. The summed E-state index contributed by atoms with van der Waals surface area (Å²) in [5.41, 5.74) is 6.46. The number of hydrogen-bond acceptors (Lipinski definition) is 5. The molecule has 2 aliphatic carbocycles. The Morgan fingerprint density at radius 1 is 0.938 bits per heavy atom. The number of nitrogens with zero attached hydrogens (tertiary/aromatic N) is 3. The minimum atomic E-state index is 0.474. The second-order valence-electron chi connectivity index (χ2n) is 9.56. The second-order valence-corrected chi connectivity index (χ2v) is 9.56. The van der Waals surface area contributed by atoms with Crippen molar-refractivity contribution in [1.29, 1.82) is 0 Å². The van der Waals surface area contributed by atoms with Crippen molar-refractivity contribution >= 4 is 5.71 Å². The normalized spacial score (nSPS) is 20.7. The molecule has 1 aliphatic heterocycles. The van der Waals surface area contributed by atoms with Crippen molar-refractivity contribution in [3.8, 4) is 22.5 Å². The zero-order valence-corrected chi connectivity index (χ0v) is 18.3. The third-order valence-electron chi connectivity index (χ3n) is 7.38. The molecule has 3 aromatic rings. The van der Waals surface area contributed by atoms with Crippen LogP contribution in [0.15, 0.2) is 58.4 Å². The van der Waals surface area contributed by atoms with Gasteiger partial charge in [-0.2, -0.15) is 0 Å². The van der Waals surface area contributed by atoms with E-state index in [-0.39, 0.29) is 0 Å². The number of piperidine rings is 1. The van der Waals surface area contributed by atoms with Crippen LogP contribution in [0.4, 0.5) is 0 Å². The minimum absolute atomic E-state index is 0.474. The first-order valence-corrected chi connectivity index (χ1v) is 11.9. The summed E-state index contributed by atoms with van der Waals surface area (Å²) in [5.74, 6) is 3.46. The number of benzene rings is 1. The molecule has 2 fully saturated rings. The molecule has 0 radical (unpaired) electrons. The molecule has 0 amide bonds. The van der Waals surface area contributed by atoms with E-state index in [9.17, 15) is 5.21 Å². The van der Waals surface area contributed by atoms with Crippen LogP contribution in [0, 0.1) is 5.92 Å². The van der Waals surface area contributed by atoms with Crippen molar-refractivity contribution < 1.29 is 9.62 Å². The molecule has 0 spiro atoms. The van der Waals surface area contributed by atoms with Gasteiger partial charge in [-0.25, -0.2) is 0 Å². The van der Waals surface area contributed by atoms with Crippen LogP contribution in [-0.4, -0.2) is 40.4 Å². The fourth-order valence-corrected chi connectivity index (χ4v) is 5.35. The fourth-order valence-electron chi connectivity index (χ4n) is 5.35. The summed E-state index contributed by atoms with van der Waals surface area (Å²) in [6.07, 6.45) is 10.5. The molecule has 32 heavy (non-hydrogen) atoms. The maximum Gasteiger partial charge on any atom is 0.142 e. The van der Waals surface area contributed by atoms with E-state index in [1.54, 1.807) is 0 Å². The SMILES string of the molecule is O/N=C1\CCc2cc(-c3cc(C4CCN(CC5CC5)CC4)oc3-c3ccncc3)ccc21. The van der Waals surface area contributed by atoms with Gasteiger partial charge in [0.15, 0.2) is 0 Å². The van der Waals surface area contributed by atoms with Crippen LogP contribution in [0.2, 0.25) is 0 Å². The van der Waals surface area contributed by atoms with E-state index in [0.29, 0.717) is 5.92 Å². The predicted octanol–water partition coefficient (Wildman–Crippen LogP) is 5.72. The molecule has 1 saturated carbocycles. The van der Waals surface area contributed by atoms with Gasteiger partial charge in [0.1, 0.15) is 11.5 Å². The first-order chi connectivity index (χ1) is 15.8. The summed E-state index contributed by atoms with van der Waals surface area (Å²) in [5, 5.41) is 12.8. The maximum absolute atomic E-state index is 9.27. The van der Waals surface area contributed by atoms with E-state index < -0.39 is 0 Å². The van der Waals surface area contributed by atoms with Gasteiger partial charge >= 0.3 is 0 Å². The van der Waals surface area contributed by atoms with Gasteiger partial charge in [0.05, 0.1) is 5.71 Å². The van der Waals surface area contributed by atoms with Crippen molar-refractivity contribution in [2.45, 2.75) is 44.4 Å². The van der Waals surface area contributed by atoms with Crippen LogP contribution in [0.5, 0.6) is 0 Å². The molecule has 0 bridgehead atoms. The Labute approximate surface area is 188 Å². The lowest BCUT2D eigenvalue weighted by molar-refractivity contribution is 0.196. The Morgan fingerprint density at radius 3 is 2.50 bits per heavy atom. The molecule has 1 N–H and O–H groups in total.